The van der Waals surface area contributed by atoms with Crippen LogP contribution < -0.4 is 4.74 Å². The lowest BCUT2D eigenvalue weighted by Crippen LogP contribution is -2.46. The molecule has 0 N–H and O–H groups in total. The van der Waals surface area contributed by atoms with Crippen molar-refractivity contribution in [3.05, 3.63) is 29.8 Å². The van der Waals surface area contributed by atoms with Crippen LogP contribution in [0.25, 0.3) is 0 Å². The number of para-hydroxylation sites is 1. The van der Waals surface area contributed by atoms with Crippen LogP contribution in [0.3, 0.4) is 0 Å². The fourth-order valence-corrected chi connectivity index (χ4v) is 4.11. The average molecular weight is 401 g/mol. The van der Waals surface area contributed by atoms with Gasteiger partial charge in [-0.1, -0.05) is 38.8 Å². The lowest BCUT2D eigenvalue weighted by Gasteiger charge is -2.34. The van der Waals surface area contributed by atoms with Gasteiger partial charge in [-0.15, -0.1) is 0 Å². The number of fused-ring (bicyclic) bond motifs is 1. The van der Waals surface area contributed by atoms with Crippen molar-refractivity contribution in [1.82, 2.24) is 9.80 Å². The summed E-state index contributed by atoms with van der Waals surface area (Å²) in [5.74, 6) is 1.61. The smallest absolute Gasteiger partial charge is 0.257 e. The second-order valence-corrected chi connectivity index (χ2v) is 9.04. The number of hydrogen-bond donors (Lipinski definition) is 0. The molecule has 2 amide bonds. The van der Waals surface area contributed by atoms with Gasteiger partial charge in [0.2, 0.25) is 5.91 Å². The normalized spacial score (nSPS) is 22.1. The zero-order valence-electron chi connectivity index (χ0n) is 18.2. The van der Waals surface area contributed by atoms with Gasteiger partial charge in [-0.3, -0.25) is 9.59 Å². The molecular formula is C24H36N2O3. The average Bonchev–Trinajstić information content (AvgIpc) is 3.54. The van der Waals surface area contributed by atoms with E-state index < -0.39 is 0 Å². The van der Waals surface area contributed by atoms with Crippen LogP contribution in [0.2, 0.25) is 0 Å². The lowest BCUT2D eigenvalue weighted by molar-refractivity contribution is -0.136. The maximum absolute atomic E-state index is 13.0. The van der Waals surface area contributed by atoms with Crippen LogP contribution in [0, 0.1) is 11.8 Å². The van der Waals surface area contributed by atoms with Gasteiger partial charge in [0, 0.05) is 26.1 Å². The Morgan fingerprint density at radius 1 is 1.10 bits per heavy atom. The summed E-state index contributed by atoms with van der Waals surface area (Å²) in [5, 5.41) is 0. The molecule has 3 rings (SSSR count). The fourth-order valence-electron chi connectivity index (χ4n) is 4.11. The summed E-state index contributed by atoms with van der Waals surface area (Å²) in [6, 6.07) is 7.54. The fraction of sp³-hybridized carbons (Fsp3) is 0.667. The Bertz CT molecular complexity index is 699. The third-order valence-corrected chi connectivity index (χ3v) is 5.93. The number of carbonyl (C=O) groups is 2. The van der Waals surface area contributed by atoms with Crippen molar-refractivity contribution in [2.45, 2.75) is 64.8 Å². The Labute approximate surface area is 175 Å². The summed E-state index contributed by atoms with van der Waals surface area (Å²) in [7, 11) is 1.86. The van der Waals surface area contributed by atoms with E-state index in [0.717, 1.165) is 58.0 Å². The number of hydrogen-bond acceptors (Lipinski definition) is 3. The van der Waals surface area contributed by atoms with Crippen molar-refractivity contribution in [1.29, 1.82) is 0 Å². The van der Waals surface area contributed by atoms with E-state index >= 15 is 0 Å². The molecule has 1 fully saturated rings. The predicted octanol–water partition coefficient (Wildman–Crippen LogP) is 4.36. The van der Waals surface area contributed by atoms with Gasteiger partial charge < -0.3 is 14.5 Å². The molecule has 1 aliphatic heterocycles. The van der Waals surface area contributed by atoms with Crippen molar-refractivity contribution in [3.8, 4) is 5.75 Å². The van der Waals surface area contributed by atoms with Crippen LogP contribution in [-0.2, 0) is 4.79 Å². The van der Waals surface area contributed by atoms with Crippen LogP contribution >= 0.6 is 0 Å². The minimum absolute atomic E-state index is 0.00369. The van der Waals surface area contributed by atoms with Gasteiger partial charge in [-0.05, 0) is 50.2 Å². The van der Waals surface area contributed by atoms with Crippen molar-refractivity contribution in [2.75, 3.05) is 26.7 Å². The first-order valence-electron chi connectivity index (χ1n) is 11.2. The highest BCUT2D eigenvalue weighted by atomic mass is 16.5. The Balaban J connectivity index is 1.85. The minimum Gasteiger partial charge on any atom is -0.491 e. The topological polar surface area (TPSA) is 49.9 Å². The predicted molar refractivity (Wildman–Crippen MR) is 115 cm³/mol. The lowest BCUT2D eigenvalue weighted by atomic mass is 10.0. The first kappa shape index (κ1) is 21.7. The summed E-state index contributed by atoms with van der Waals surface area (Å²) in [5.41, 5.74) is 0.607. The molecule has 29 heavy (non-hydrogen) atoms. The third-order valence-electron chi connectivity index (χ3n) is 5.93. The second-order valence-electron chi connectivity index (χ2n) is 9.04. The molecule has 5 heteroatoms. The first-order chi connectivity index (χ1) is 14.0. The molecule has 0 radical (unpaired) electrons. The van der Waals surface area contributed by atoms with Gasteiger partial charge in [0.1, 0.15) is 12.4 Å². The molecule has 0 bridgehead atoms. The Morgan fingerprint density at radius 3 is 2.48 bits per heavy atom. The van der Waals surface area contributed by atoms with E-state index in [9.17, 15) is 9.59 Å². The zero-order valence-corrected chi connectivity index (χ0v) is 18.2. The molecular weight excluding hydrogens is 364 g/mol. The maximum Gasteiger partial charge on any atom is 0.257 e. The Morgan fingerprint density at radius 2 is 1.79 bits per heavy atom. The van der Waals surface area contributed by atoms with E-state index in [1.807, 2.05) is 31.3 Å². The quantitative estimate of drug-likeness (QED) is 0.757. The standard InChI is InChI=1S/C24H36N2O3/c1-18(2)16-20-17-29-22-11-7-6-10-21(22)24(28)25(3)14-8-4-5-9-15-26(20)23(27)19-12-13-19/h6-7,10-11,18-20H,4-5,8-9,12-17H2,1-3H3/t20-/m0/s1. The Kier molecular flexibility index (Phi) is 7.57. The molecule has 1 aromatic carbocycles. The van der Waals surface area contributed by atoms with E-state index in [4.69, 9.17) is 4.74 Å². The molecule has 1 saturated carbocycles. The monoisotopic (exact) mass is 400 g/mol. The molecule has 1 heterocycles. The molecule has 0 unspecified atom stereocenters. The Hall–Kier alpha value is -2.04. The van der Waals surface area contributed by atoms with Crippen molar-refractivity contribution < 1.29 is 14.3 Å². The summed E-state index contributed by atoms with van der Waals surface area (Å²) in [6.07, 6.45) is 7.12. The number of ether oxygens (including phenoxy) is 1. The van der Waals surface area contributed by atoms with Crippen molar-refractivity contribution in [2.24, 2.45) is 11.8 Å². The highest BCUT2D eigenvalue weighted by Crippen LogP contribution is 2.33. The molecule has 160 valence electrons. The van der Waals surface area contributed by atoms with Crippen molar-refractivity contribution >= 4 is 11.8 Å². The van der Waals surface area contributed by atoms with E-state index in [2.05, 4.69) is 18.7 Å². The van der Waals surface area contributed by atoms with E-state index in [1.165, 1.54) is 0 Å². The molecule has 5 nitrogen and oxygen atoms in total. The second kappa shape index (κ2) is 10.1. The summed E-state index contributed by atoms with van der Waals surface area (Å²) < 4.78 is 6.20. The number of carbonyl (C=O) groups excluding carboxylic acids is 2. The van der Waals surface area contributed by atoms with E-state index in [0.29, 0.717) is 29.7 Å². The zero-order chi connectivity index (χ0) is 20.8. The van der Waals surface area contributed by atoms with Crippen LogP contribution in [0.1, 0.15) is 69.2 Å². The highest BCUT2D eigenvalue weighted by molar-refractivity contribution is 5.96. The summed E-state index contributed by atoms with van der Waals surface area (Å²) >= 11 is 0. The molecule has 2 aliphatic rings. The number of rotatable bonds is 3. The van der Waals surface area contributed by atoms with Gasteiger partial charge in [-0.25, -0.2) is 0 Å². The van der Waals surface area contributed by atoms with Crippen LogP contribution in [-0.4, -0.2) is 54.4 Å². The number of nitrogens with zero attached hydrogens (tertiary/aromatic N) is 2. The SMILES string of the molecule is CC(C)C[C@H]1COc2ccccc2C(=O)N(C)CCCCCCN1C(=O)C1CC1. The van der Waals surface area contributed by atoms with Crippen LogP contribution in [0.5, 0.6) is 5.75 Å². The molecule has 0 saturated heterocycles. The van der Waals surface area contributed by atoms with Gasteiger partial charge in [0.15, 0.2) is 0 Å². The van der Waals surface area contributed by atoms with Gasteiger partial charge in [0.05, 0.1) is 11.6 Å². The molecule has 1 aliphatic carbocycles. The first-order valence-corrected chi connectivity index (χ1v) is 11.2. The van der Waals surface area contributed by atoms with Gasteiger partial charge in [-0.2, -0.15) is 0 Å². The number of amides is 2. The minimum atomic E-state index is 0.00369. The van der Waals surface area contributed by atoms with Crippen molar-refractivity contribution in [3.63, 3.8) is 0 Å². The maximum atomic E-state index is 13.0. The largest absolute Gasteiger partial charge is 0.491 e. The third kappa shape index (κ3) is 5.97. The van der Waals surface area contributed by atoms with Gasteiger partial charge >= 0.3 is 0 Å². The van der Waals surface area contributed by atoms with Crippen LogP contribution in [0.4, 0.5) is 0 Å². The van der Waals surface area contributed by atoms with E-state index in [-0.39, 0.29) is 17.9 Å². The van der Waals surface area contributed by atoms with Crippen LogP contribution in [0.15, 0.2) is 24.3 Å². The molecule has 0 aromatic heterocycles. The molecule has 0 spiro atoms. The summed E-state index contributed by atoms with van der Waals surface area (Å²) in [4.78, 5) is 29.9. The molecule has 1 atom stereocenters. The number of benzene rings is 1. The highest BCUT2D eigenvalue weighted by Gasteiger charge is 2.36. The molecule has 1 aromatic rings. The summed E-state index contributed by atoms with van der Waals surface area (Å²) in [6.45, 7) is 6.38. The van der Waals surface area contributed by atoms with Gasteiger partial charge in [0.25, 0.3) is 5.91 Å². The van der Waals surface area contributed by atoms with E-state index in [1.54, 1.807) is 4.90 Å².